The maximum absolute atomic E-state index is 12.0. The Balaban J connectivity index is 2.68. The second-order valence-corrected chi connectivity index (χ2v) is 5.46. The molecule has 0 aliphatic rings. The molecular weight excluding hydrogens is 244 g/mol. The van der Waals surface area contributed by atoms with Gasteiger partial charge in [-0.3, -0.25) is 4.79 Å². The van der Waals surface area contributed by atoms with E-state index in [1.165, 1.54) is 0 Å². The van der Waals surface area contributed by atoms with Gasteiger partial charge in [-0.05, 0) is 33.1 Å². The van der Waals surface area contributed by atoms with E-state index in [0.717, 1.165) is 17.0 Å². The van der Waals surface area contributed by atoms with Gasteiger partial charge in [0.15, 0.2) is 0 Å². The number of amides is 1. The van der Waals surface area contributed by atoms with Crippen LogP contribution in [-0.4, -0.2) is 28.3 Å². The number of aromatic nitrogens is 1. The largest absolute Gasteiger partial charge is 0.394 e. The van der Waals surface area contributed by atoms with Crippen molar-refractivity contribution in [2.75, 3.05) is 6.61 Å². The molecule has 19 heavy (non-hydrogen) atoms. The van der Waals surface area contributed by atoms with Crippen molar-refractivity contribution in [3.63, 3.8) is 0 Å². The summed E-state index contributed by atoms with van der Waals surface area (Å²) < 4.78 is 5.12. The summed E-state index contributed by atoms with van der Waals surface area (Å²) in [5, 5.41) is 16.1. The molecule has 0 fully saturated rings. The molecule has 1 amide bonds. The van der Waals surface area contributed by atoms with E-state index in [4.69, 9.17) is 4.52 Å². The molecule has 1 aromatic heterocycles. The number of hydrogen-bond acceptors (Lipinski definition) is 4. The summed E-state index contributed by atoms with van der Waals surface area (Å²) in [5.74, 6) is 0.746. The highest BCUT2D eigenvalue weighted by Gasteiger charge is 2.25. The number of carbonyl (C=O) groups is 1. The number of rotatable bonds is 6. The van der Waals surface area contributed by atoms with Gasteiger partial charge in [-0.1, -0.05) is 19.0 Å². The van der Waals surface area contributed by atoms with Gasteiger partial charge in [0.1, 0.15) is 5.76 Å². The van der Waals surface area contributed by atoms with Gasteiger partial charge in [-0.25, -0.2) is 0 Å². The average Bonchev–Trinajstić information content (AvgIpc) is 2.68. The van der Waals surface area contributed by atoms with Crippen LogP contribution in [0.1, 0.15) is 56.5 Å². The minimum atomic E-state index is -0.546. The molecule has 5 nitrogen and oxygen atoms in total. The van der Waals surface area contributed by atoms with Gasteiger partial charge in [-0.15, -0.1) is 0 Å². The molecule has 0 aliphatic heterocycles. The maximum atomic E-state index is 12.0. The molecule has 0 saturated carbocycles. The molecule has 0 aromatic carbocycles. The molecule has 0 spiro atoms. The second-order valence-electron chi connectivity index (χ2n) is 5.46. The molecule has 0 radical (unpaired) electrons. The lowest BCUT2D eigenvalue weighted by Gasteiger charge is -2.27. The van der Waals surface area contributed by atoms with Crippen LogP contribution in [0.5, 0.6) is 0 Å². The van der Waals surface area contributed by atoms with E-state index in [1.54, 1.807) is 0 Å². The number of aryl methyl sites for hydroxylation is 2. The van der Waals surface area contributed by atoms with Gasteiger partial charge < -0.3 is 14.9 Å². The van der Waals surface area contributed by atoms with E-state index in [2.05, 4.69) is 10.5 Å². The highest BCUT2D eigenvalue weighted by Crippen LogP contribution is 2.26. The number of nitrogens with one attached hydrogen (secondary N) is 1. The molecule has 5 heteroatoms. The van der Waals surface area contributed by atoms with Crippen LogP contribution in [0.4, 0.5) is 0 Å². The Bertz CT molecular complexity index is 416. The lowest BCUT2D eigenvalue weighted by molar-refractivity contribution is -0.123. The number of nitrogens with zero attached hydrogens (tertiary/aromatic N) is 1. The SMILES string of the molecule is CC[C@@](C)(CO)NC(=O)C[C@H](C)c1c(C)noc1C. The van der Waals surface area contributed by atoms with Crippen molar-refractivity contribution >= 4 is 5.91 Å². The van der Waals surface area contributed by atoms with E-state index >= 15 is 0 Å². The first kappa shape index (κ1) is 15.7. The third-order valence-electron chi connectivity index (χ3n) is 3.64. The predicted molar refractivity (Wildman–Crippen MR) is 72.9 cm³/mol. The molecule has 0 bridgehead atoms. The van der Waals surface area contributed by atoms with Crippen LogP contribution in [-0.2, 0) is 4.79 Å². The standard InChI is InChI=1S/C14H24N2O3/c1-6-14(5,8-17)15-12(18)7-9(2)13-10(3)16-19-11(13)4/h9,17H,6-8H2,1-5H3,(H,15,18)/t9-,14-/m0/s1. The van der Waals surface area contributed by atoms with Gasteiger partial charge in [0.2, 0.25) is 5.91 Å². The van der Waals surface area contributed by atoms with E-state index in [0.29, 0.717) is 12.8 Å². The number of carbonyl (C=O) groups excluding carboxylic acids is 1. The van der Waals surface area contributed by atoms with Crippen LogP contribution in [0.2, 0.25) is 0 Å². The highest BCUT2D eigenvalue weighted by molar-refractivity contribution is 5.77. The van der Waals surface area contributed by atoms with Gasteiger partial charge in [0.25, 0.3) is 0 Å². The number of hydrogen-bond donors (Lipinski definition) is 2. The molecule has 0 unspecified atom stereocenters. The first-order valence-corrected chi connectivity index (χ1v) is 6.67. The molecular formula is C14H24N2O3. The predicted octanol–water partition coefficient (Wildman–Crippen LogP) is 2.06. The Morgan fingerprint density at radius 2 is 2.16 bits per heavy atom. The third kappa shape index (κ3) is 3.80. The topological polar surface area (TPSA) is 75.4 Å². The summed E-state index contributed by atoms with van der Waals surface area (Å²) in [5.41, 5.74) is 1.28. The van der Waals surface area contributed by atoms with Crippen LogP contribution in [0.3, 0.4) is 0 Å². The van der Waals surface area contributed by atoms with Gasteiger partial charge >= 0.3 is 0 Å². The molecule has 1 heterocycles. The fourth-order valence-corrected chi connectivity index (χ4v) is 2.20. The van der Waals surface area contributed by atoms with E-state index in [9.17, 15) is 9.90 Å². The number of aliphatic hydroxyl groups excluding tert-OH is 1. The number of aliphatic hydroxyl groups is 1. The Labute approximate surface area is 114 Å². The molecule has 1 aromatic rings. The zero-order valence-corrected chi connectivity index (χ0v) is 12.4. The minimum Gasteiger partial charge on any atom is -0.394 e. The monoisotopic (exact) mass is 268 g/mol. The van der Waals surface area contributed by atoms with Crippen LogP contribution in [0.25, 0.3) is 0 Å². The fraction of sp³-hybridized carbons (Fsp3) is 0.714. The quantitative estimate of drug-likeness (QED) is 0.828. The fourth-order valence-electron chi connectivity index (χ4n) is 2.20. The Morgan fingerprint density at radius 1 is 1.53 bits per heavy atom. The van der Waals surface area contributed by atoms with E-state index in [-0.39, 0.29) is 18.4 Å². The molecule has 0 aliphatic carbocycles. The van der Waals surface area contributed by atoms with Gasteiger partial charge in [-0.2, -0.15) is 0 Å². The Morgan fingerprint density at radius 3 is 2.58 bits per heavy atom. The summed E-state index contributed by atoms with van der Waals surface area (Å²) in [4.78, 5) is 12.0. The lowest BCUT2D eigenvalue weighted by atomic mass is 9.94. The van der Waals surface area contributed by atoms with Crippen LogP contribution in [0.15, 0.2) is 4.52 Å². The zero-order valence-electron chi connectivity index (χ0n) is 12.4. The van der Waals surface area contributed by atoms with Crippen molar-refractivity contribution in [1.29, 1.82) is 0 Å². The summed E-state index contributed by atoms with van der Waals surface area (Å²) >= 11 is 0. The first-order chi connectivity index (χ1) is 8.83. The van der Waals surface area contributed by atoms with Crippen LogP contribution >= 0.6 is 0 Å². The second kappa shape index (κ2) is 6.19. The summed E-state index contributed by atoms with van der Waals surface area (Å²) in [6.45, 7) is 9.43. The van der Waals surface area contributed by atoms with E-state index in [1.807, 2.05) is 34.6 Å². The minimum absolute atomic E-state index is 0.0473. The third-order valence-corrected chi connectivity index (χ3v) is 3.64. The molecule has 2 atom stereocenters. The van der Waals surface area contributed by atoms with Gasteiger partial charge in [0, 0.05) is 12.0 Å². The molecule has 1 rings (SSSR count). The van der Waals surface area contributed by atoms with Crippen molar-refractivity contribution in [3.8, 4) is 0 Å². The Kier molecular flexibility index (Phi) is 5.11. The first-order valence-electron chi connectivity index (χ1n) is 6.67. The van der Waals surface area contributed by atoms with Crippen molar-refractivity contribution in [1.82, 2.24) is 10.5 Å². The van der Waals surface area contributed by atoms with Gasteiger partial charge in [0.05, 0.1) is 17.8 Å². The maximum Gasteiger partial charge on any atom is 0.221 e. The van der Waals surface area contributed by atoms with Crippen molar-refractivity contribution in [2.45, 2.75) is 58.9 Å². The smallest absolute Gasteiger partial charge is 0.221 e. The lowest BCUT2D eigenvalue weighted by Crippen LogP contribution is -2.48. The summed E-state index contributed by atoms with van der Waals surface area (Å²) in [6, 6.07) is 0. The molecule has 108 valence electrons. The van der Waals surface area contributed by atoms with Crippen LogP contribution < -0.4 is 5.32 Å². The summed E-state index contributed by atoms with van der Waals surface area (Å²) in [7, 11) is 0. The molecule has 2 N–H and O–H groups in total. The average molecular weight is 268 g/mol. The van der Waals surface area contributed by atoms with Crippen molar-refractivity contribution < 1.29 is 14.4 Å². The van der Waals surface area contributed by atoms with Crippen molar-refractivity contribution in [2.24, 2.45) is 0 Å². The normalized spacial score (nSPS) is 15.9. The van der Waals surface area contributed by atoms with Crippen molar-refractivity contribution in [3.05, 3.63) is 17.0 Å². The summed E-state index contributed by atoms with van der Waals surface area (Å²) in [6.07, 6.45) is 1.05. The van der Waals surface area contributed by atoms with E-state index < -0.39 is 5.54 Å². The van der Waals surface area contributed by atoms with Crippen LogP contribution in [0, 0.1) is 13.8 Å². The highest BCUT2D eigenvalue weighted by atomic mass is 16.5. The Hall–Kier alpha value is -1.36. The molecule has 0 saturated heterocycles. The zero-order chi connectivity index (χ0) is 14.6.